The number of Topliss-reactive ketones (excluding diaryl/α,β-unsaturated/α-hetero) is 1. The first kappa shape index (κ1) is 51.2. The van der Waals surface area contributed by atoms with E-state index < -0.39 is 83.8 Å². The summed E-state index contributed by atoms with van der Waals surface area (Å²) >= 11 is 0. The van der Waals surface area contributed by atoms with E-state index in [1.54, 1.807) is 64.1 Å². The van der Waals surface area contributed by atoms with Crippen LogP contribution in [0.5, 0.6) is 5.75 Å². The number of nitrogens with one attached hydrogen (secondary N) is 3. The van der Waals surface area contributed by atoms with Gasteiger partial charge in [-0.05, 0) is 68.2 Å². The number of hydrogen-bond acceptors (Lipinski definition) is 12. The lowest BCUT2D eigenvalue weighted by molar-refractivity contribution is -0.175. The molecule has 2 aliphatic rings. The first-order valence-electron chi connectivity index (χ1n) is 21.4. The maximum Gasteiger partial charge on any atom is 0.325 e. The summed E-state index contributed by atoms with van der Waals surface area (Å²) in [7, 11) is 1.52. The Kier molecular flexibility index (Phi) is 20.7. The average Bonchev–Trinajstić information content (AvgIpc) is 3.22. The number of carbonyl (C=O) groups excluding carboxylic acids is 6. The molecule has 0 saturated carbocycles. The zero-order valence-corrected chi connectivity index (χ0v) is 37.3. The van der Waals surface area contributed by atoms with Gasteiger partial charge >= 0.3 is 5.97 Å². The average molecular weight is 866 g/mol. The molecule has 0 spiro atoms. The summed E-state index contributed by atoms with van der Waals surface area (Å²) in [5.41, 5.74) is 4.12. The summed E-state index contributed by atoms with van der Waals surface area (Å²) in [4.78, 5) is 86.3. The van der Waals surface area contributed by atoms with Crippen molar-refractivity contribution in [3.05, 3.63) is 77.9 Å². The lowest BCUT2D eigenvalue weighted by Gasteiger charge is -2.36. The Hall–Kier alpha value is -5.16. The van der Waals surface area contributed by atoms with E-state index in [-0.39, 0.29) is 49.7 Å². The number of benzene rings is 1. The predicted molar refractivity (Wildman–Crippen MR) is 232 cm³/mol. The molecule has 2 bridgehead atoms. The number of aliphatic hydroxyl groups is 2. The van der Waals surface area contributed by atoms with Crippen molar-refractivity contribution in [3.8, 4) is 5.75 Å². The van der Waals surface area contributed by atoms with Gasteiger partial charge in [0.05, 0.1) is 24.7 Å². The number of fused-ring (bicyclic) bond motifs is 2. The third-order valence-corrected chi connectivity index (χ3v) is 10.8. The van der Waals surface area contributed by atoms with E-state index in [4.69, 9.17) is 9.57 Å². The van der Waals surface area contributed by atoms with E-state index in [2.05, 4.69) is 16.1 Å². The van der Waals surface area contributed by atoms with Crippen molar-refractivity contribution in [2.45, 2.75) is 123 Å². The number of aliphatic hydroxyl groups excluding tert-OH is 2. The number of aromatic hydroxyl groups is 1. The number of rotatable bonds is 12. The van der Waals surface area contributed by atoms with Crippen LogP contribution in [0.3, 0.4) is 0 Å². The van der Waals surface area contributed by atoms with E-state index in [1.165, 1.54) is 49.3 Å². The standard InChI is InChI=1S/C46H67N5O11/c1-28(2)27-61-50(8)40(55)21-12-15-30(5)39-20-11-9-10-19-38(54)32(7)42(56)35(23-22-31(6)52)43(57)48-41(29(3)4)44(58)47-37(26-33-16-13-17-34(53)25-33)45(59)51-24-14-18-36(49-51)46(60)62-39/h9-13,15-17,19,21,25,28-29,32,35-39,41-42,49,53-54,56H,14,18,20,22-24,26-27H2,1-8H3,(H,47,58)(H,48,57)/b11-9+,19-10+,21-12+,30-15+/t32-,35+,36?,37-,38-,39-,41-,42+/m0/s1. The van der Waals surface area contributed by atoms with Crippen molar-refractivity contribution in [1.29, 1.82) is 0 Å². The molecule has 2 heterocycles. The number of phenols is 1. The number of allylic oxidation sites excluding steroid dienone is 4. The van der Waals surface area contributed by atoms with Crippen molar-refractivity contribution in [1.82, 2.24) is 26.1 Å². The number of hydroxylamine groups is 2. The Morgan fingerprint density at radius 3 is 2.44 bits per heavy atom. The van der Waals surface area contributed by atoms with E-state index in [9.17, 15) is 44.1 Å². The molecule has 0 radical (unpaired) electrons. The first-order valence-corrected chi connectivity index (χ1v) is 21.4. The Morgan fingerprint density at radius 2 is 1.77 bits per heavy atom. The fourth-order valence-electron chi connectivity index (χ4n) is 6.87. The van der Waals surface area contributed by atoms with Crippen LogP contribution in [0.2, 0.25) is 0 Å². The Bertz CT molecular complexity index is 1820. The summed E-state index contributed by atoms with van der Waals surface area (Å²) in [5.74, 6) is -5.60. The molecule has 8 atom stereocenters. The third kappa shape index (κ3) is 16.3. The minimum absolute atomic E-state index is 0.0329. The maximum absolute atomic E-state index is 14.4. The van der Waals surface area contributed by atoms with Gasteiger partial charge in [0, 0.05) is 44.8 Å². The molecular weight excluding hydrogens is 799 g/mol. The minimum atomic E-state index is -1.43. The molecule has 4 amide bonds. The van der Waals surface area contributed by atoms with Crippen LogP contribution in [0.25, 0.3) is 0 Å². The van der Waals surface area contributed by atoms with Crippen LogP contribution in [0.1, 0.15) is 86.1 Å². The molecule has 2 aliphatic heterocycles. The predicted octanol–water partition coefficient (Wildman–Crippen LogP) is 3.38. The van der Waals surface area contributed by atoms with Crippen molar-refractivity contribution in [2.75, 3.05) is 20.2 Å². The van der Waals surface area contributed by atoms with Gasteiger partial charge in [-0.1, -0.05) is 83.2 Å². The van der Waals surface area contributed by atoms with Gasteiger partial charge in [-0.3, -0.25) is 33.8 Å². The summed E-state index contributed by atoms with van der Waals surface area (Å²) in [5, 5.41) is 40.7. The Labute approximate surface area is 365 Å². The number of carbonyl (C=O) groups is 6. The maximum atomic E-state index is 14.4. The van der Waals surface area contributed by atoms with Gasteiger partial charge in [-0.2, -0.15) is 0 Å². The monoisotopic (exact) mass is 865 g/mol. The van der Waals surface area contributed by atoms with Crippen LogP contribution in [0.15, 0.2) is 72.4 Å². The second kappa shape index (κ2) is 25.1. The number of hydrazine groups is 1. The minimum Gasteiger partial charge on any atom is -0.508 e. The van der Waals surface area contributed by atoms with Crippen molar-refractivity contribution < 1.29 is 53.7 Å². The zero-order chi connectivity index (χ0) is 46.1. The number of ketones is 1. The van der Waals surface area contributed by atoms with Gasteiger partial charge in [0.2, 0.25) is 11.8 Å². The number of ether oxygens (including phenoxy) is 1. The van der Waals surface area contributed by atoms with E-state index in [1.807, 2.05) is 13.8 Å². The number of likely N-dealkylation sites (N-methyl/N-ethyl adjacent to an activating group) is 1. The molecule has 1 saturated heterocycles. The molecular formula is C46H67N5O11. The fraction of sp³-hybridized carbons (Fsp3) is 0.565. The molecule has 342 valence electrons. The lowest BCUT2D eigenvalue weighted by Crippen LogP contribution is -2.62. The topological polar surface area (TPSA) is 224 Å². The number of nitrogens with zero attached hydrogens (tertiary/aromatic N) is 2. The number of amides is 4. The van der Waals surface area contributed by atoms with Crippen LogP contribution in [0, 0.1) is 23.7 Å². The second-order valence-corrected chi connectivity index (χ2v) is 16.9. The van der Waals surface area contributed by atoms with Gasteiger partial charge in [0.15, 0.2) is 0 Å². The SMILES string of the molecule is CC(=O)CC[C@H]1C(=O)N[C@@H](C(C)C)C(=O)N[C@@H](Cc2cccc(O)c2)C(=O)N2CCCC(N2)C(=O)O[C@H](/C(C)=C/C=C/C(=O)N(C)OCC(C)C)C/C=C/C=C/[C@H](O)[C@H](C)[C@H]1O. The van der Waals surface area contributed by atoms with Crippen LogP contribution in [-0.4, -0.2) is 117 Å². The lowest BCUT2D eigenvalue weighted by atomic mass is 9.84. The largest absolute Gasteiger partial charge is 0.508 e. The van der Waals surface area contributed by atoms with Gasteiger partial charge in [-0.25, -0.2) is 10.5 Å². The number of cyclic esters (lactones) is 1. The molecule has 1 fully saturated rings. The molecule has 1 unspecified atom stereocenters. The summed E-state index contributed by atoms with van der Waals surface area (Å²) in [6.07, 6.45) is 8.21. The van der Waals surface area contributed by atoms with Crippen molar-refractivity contribution >= 4 is 35.4 Å². The molecule has 1 aromatic carbocycles. The smallest absolute Gasteiger partial charge is 0.325 e. The van der Waals surface area contributed by atoms with Gasteiger partial charge < -0.3 is 35.5 Å². The van der Waals surface area contributed by atoms with Gasteiger partial charge in [0.25, 0.3) is 11.8 Å². The first-order chi connectivity index (χ1) is 29.3. The van der Waals surface area contributed by atoms with Crippen LogP contribution in [-0.2, 0) is 44.8 Å². The molecule has 0 aliphatic carbocycles. The highest BCUT2D eigenvalue weighted by atomic mass is 16.7. The molecule has 0 aromatic heterocycles. The van der Waals surface area contributed by atoms with Crippen LogP contribution in [0.4, 0.5) is 0 Å². The third-order valence-electron chi connectivity index (χ3n) is 10.8. The fourth-order valence-corrected chi connectivity index (χ4v) is 6.87. The summed E-state index contributed by atoms with van der Waals surface area (Å²) < 4.78 is 6.04. The quantitative estimate of drug-likeness (QED) is 0.0771. The molecule has 6 N–H and O–H groups in total. The van der Waals surface area contributed by atoms with E-state index in [0.717, 1.165) is 5.06 Å². The molecule has 62 heavy (non-hydrogen) atoms. The summed E-state index contributed by atoms with van der Waals surface area (Å²) in [6.45, 7) is 12.6. The highest BCUT2D eigenvalue weighted by Gasteiger charge is 2.38. The molecule has 3 rings (SSSR count). The van der Waals surface area contributed by atoms with Gasteiger partial charge in [0.1, 0.15) is 35.8 Å². The number of hydrogen-bond donors (Lipinski definition) is 6. The van der Waals surface area contributed by atoms with E-state index in [0.29, 0.717) is 30.6 Å². The van der Waals surface area contributed by atoms with Gasteiger partial charge in [-0.15, -0.1) is 0 Å². The molecule has 16 nitrogen and oxygen atoms in total. The normalized spacial score (nSPS) is 27.5. The summed E-state index contributed by atoms with van der Waals surface area (Å²) in [6, 6.07) is 2.88. The van der Waals surface area contributed by atoms with Crippen LogP contribution < -0.4 is 16.1 Å². The van der Waals surface area contributed by atoms with Crippen molar-refractivity contribution in [2.24, 2.45) is 23.7 Å². The highest BCUT2D eigenvalue weighted by Crippen LogP contribution is 2.24. The number of phenolic OH excluding ortho intramolecular Hbond substituents is 1. The molecule has 16 heteroatoms. The Balaban J connectivity index is 2.05. The van der Waals surface area contributed by atoms with Crippen molar-refractivity contribution in [3.63, 3.8) is 0 Å². The number of esters is 1. The molecule has 1 aromatic rings. The Morgan fingerprint density at radius 1 is 1.05 bits per heavy atom. The van der Waals surface area contributed by atoms with Crippen LogP contribution >= 0.6 is 0 Å². The zero-order valence-electron chi connectivity index (χ0n) is 37.3. The second-order valence-electron chi connectivity index (χ2n) is 16.9. The van der Waals surface area contributed by atoms with E-state index >= 15 is 0 Å². The highest BCUT2D eigenvalue weighted by molar-refractivity contribution is 5.93.